The second-order valence-corrected chi connectivity index (χ2v) is 5.19. The average Bonchev–Trinajstić information content (AvgIpc) is 2.40. The Morgan fingerprint density at radius 3 is 2.68 bits per heavy atom. The molecule has 0 spiro atoms. The summed E-state index contributed by atoms with van der Waals surface area (Å²) in [7, 11) is 0. The molecule has 2 N–H and O–H groups in total. The topological polar surface area (TPSA) is 35.2 Å². The summed E-state index contributed by atoms with van der Waals surface area (Å²) in [5.41, 5.74) is 7.93. The zero-order chi connectivity index (χ0) is 13.8. The van der Waals surface area contributed by atoms with Gasteiger partial charge in [-0.2, -0.15) is 0 Å². The molecule has 2 rings (SSSR count). The Balaban J connectivity index is 2.21. The minimum absolute atomic E-state index is 0.239. The zero-order valence-electron chi connectivity index (χ0n) is 10.6. The van der Waals surface area contributed by atoms with Gasteiger partial charge in [-0.1, -0.05) is 29.8 Å². The number of hydrogen-bond donors (Lipinski definition) is 1. The molecule has 1 unspecified atom stereocenters. The van der Waals surface area contributed by atoms with Crippen LogP contribution in [-0.4, -0.2) is 6.54 Å². The minimum Gasteiger partial charge on any atom is -0.484 e. The molecule has 19 heavy (non-hydrogen) atoms. The third kappa shape index (κ3) is 3.55. The maximum Gasteiger partial charge on any atom is 0.137 e. The largest absolute Gasteiger partial charge is 0.484 e. The van der Waals surface area contributed by atoms with Crippen molar-refractivity contribution in [3.05, 3.63) is 63.9 Å². The summed E-state index contributed by atoms with van der Waals surface area (Å²) in [6, 6.07) is 12.6. The molecule has 0 aromatic heterocycles. The van der Waals surface area contributed by atoms with E-state index in [1.54, 1.807) is 12.1 Å². The van der Waals surface area contributed by atoms with E-state index < -0.39 is 0 Å². The first kappa shape index (κ1) is 14.0. The fraction of sp³-hybridized carbons (Fsp3) is 0.200. The lowest BCUT2D eigenvalue weighted by Crippen LogP contribution is -2.18. The summed E-state index contributed by atoms with van der Waals surface area (Å²) >= 11 is 3.14. The van der Waals surface area contributed by atoms with Gasteiger partial charge in [-0.15, -0.1) is 0 Å². The SMILES string of the molecule is Cc1cccc(C(CN)Oc2ccc(F)c(Br)c2)c1. The summed E-state index contributed by atoms with van der Waals surface area (Å²) < 4.78 is 19.4. The highest BCUT2D eigenvalue weighted by Crippen LogP contribution is 2.26. The van der Waals surface area contributed by atoms with Crippen molar-refractivity contribution in [2.24, 2.45) is 5.73 Å². The fourth-order valence-electron chi connectivity index (χ4n) is 1.84. The van der Waals surface area contributed by atoms with Crippen LogP contribution in [-0.2, 0) is 0 Å². The van der Waals surface area contributed by atoms with E-state index in [2.05, 4.69) is 15.9 Å². The average molecular weight is 324 g/mol. The maximum atomic E-state index is 13.2. The van der Waals surface area contributed by atoms with E-state index in [0.29, 0.717) is 16.8 Å². The second kappa shape index (κ2) is 6.17. The molecule has 0 aliphatic heterocycles. The van der Waals surface area contributed by atoms with Crippen molar-refractivity contribution in [1.29, 1.82) is 0 Å². The van der Waals surface area contributed by atoms with Crippen LogP contribution in [0.5, 0.6) is 5.75 Å². The van der Waals surface area contributed by atoms with Gasteiger partial charge in [0.15, 0.2) is 0 Å². The van der Waals surface area contributed by atoms with Gasteiger partial charge in [0.05, 0.1) is 4.47 Å². The molecule has 2 aromatic rings. The van der Waals surface area contributed by atoms with Crippen LogP contribution in [0.1, 0.15) is 17.2 Å². The van der Waals surface area contributed by atoms with Gasteiger partial charge in [0.1, 0.15) is 17.7 Å². The molecule has 100 valence electrons. The number of halogens is 2. The summed E-state index contributed by atoms with van der Waals surface area (Å²) in [6.07, 6.45) is -0.239. The number of rotatable bonds is 4. The summed E-state index contributed by atoms with van der Waals surface area (Å²) in [5.74, 6) is 0.275. The minimum atomic E-state index is -0.313. The van der Waals surface area contributed by atoms with E-state index in [9.17, 15) is 4.39 Å². The third-order valence-electron chi connectivity index (χ3n) is 2.80. The molecule has 0 fully saturated rings. The normalized spacial score (nSPS) is 12.2. The van der Waals surface area contributed by atoms with Crippen LogP contribution in [0.2, 0.25) is 0 Å². The zero-order valence-corrected chi connectivity index (χ0v) is 12.2. The van der Waals surface area contributed by atoms with Gasteiger partial charge >= 0.3 is 0 Å². The first-order valence-electron chi connectivity index (χ1n) is 5.98. The van der Waals surface area contributed by atoms with Gasteiger partial charge in [-0.3, -0.25) is 0 Å². The molecule has 0 bridgehead atoms. The smallest absolute Gasteiger partial charge is 0.137 e. The van der Waals surface area contributed by atoms with E-state index in [0.717, 1.165) is 11.1 Å². The van der Waals surface area contributed by atoms with Gasteiger partial charge < -0.3 is 10.5 Å². The predicted molar refractivity (Wildman–Crippen MR) is 77.7 cm³/mol. The van der Waals surface area contributed by atoms with Crippen molar-refractivity contribution in [3.8, 4) is 5.75 Å². The molecule has 0 amide bonds. The summed E-state index contributed by atoms with van der Waals surface area (Å²) in [5, 5.41) is 0. The standard InChI is InChI=1S/C15H15BrFNO/c1-10-3-2-4-11(7-10)15(9-18)19-12-5-6-14(17)13(16)8-12/h2-8,15H,9,18H2,1H3. The molecule has 2 nitrogen and oxygen atoms in total. The Bertz CT molecular complexity index is 574. The molecule has 0 aliphatic rings. The Labute approximate surface area is 120 Å². The summed E-state index contributed by atoms with van der Waals surface area (Å²) in [6.45, 7) is 2.38. The molecule has 0 saturated heterocycles. The highest BCUT2D eigenvalue weighted by Gasteiger charge is 2.12. The first-order chi connectivity index (χ1) is 9.10. The Hall–Kier alpha value is -1.39. The Morgan fingerprint density at radius 2 is 2.05 bits per heavy atom. The quantitative estimate of drug-likeness (QED) is 0.923. The lowest BCUT2D eigenvalue weighted by atomic mass is 10.1. The highest BCUT2D eigenvalue weighted by atomic mass is 79.9. The number of aryl methyl sites for hydroxylation is 1. The van der Waals surface area contributed by atoms with Gasteiger partial charge in [-0.05, 0) is 46.6 Å². The van der Waals surface area contributed by atoms with Crippen molar-refractivity contribution >= 4 is 15.9 Å². The number of nitrogens with two attached hydrogens (primary N) is 1. The van der Waals surface area contributed by atoms with E-state index in [-0.39, 0.29) is 11.9 Å². The molecular weight excluding hydrogens is 309 g/mol. The van der Waals surface area contributed by atoms with Crippen LogP contribution in [0.15, 0.2) is 46.9 Å². The van der Waals surface area contributed by atoms with Crippen LogP contribution in [0.25, 0.3) is 0 Å². The number of ether oxygens (including phenoxy) is 1. The van der Waals surface area contributed by atoms with Gasteiger partial charge in [0.2, 0.25) is 0 Å². The lowest BCUT2D eigenvalue weighted by Gasteiger charge is -2.18. The Kier molecular flexibility index (Phi) is 4.56. The summed E-state index contributed by atoms with van der Waals surface area (Å²) in [4.78, 5) is 0. The molecule has 0 aliphatic carbocycles. The van der Waals surface area contributed by atoms with Crippen LogP contribution in [0.4, 0.5) is 4.39 Å². The van der Waals surface area contributed by atoms with Crippen LogP contribution in [0, 0.1) is 12.7 Å². The molecule has 2 aromatic carbocycles. The van der Waals surface area contributed by atoms with E-state index in [1.165, 1.54) is 6.07 Å². The van der Waals surface area contributed by atoms with Crippen molar-refractivity contribution in [3.63, 3.8) is 0 Å². The van der Waals surface area contributed by atoms with Crippen molar-refractivity contribution in [2.45, 2.75) is 13.0 Å². The molecule has 0 heterocycles. The second-order valence-electron chi connectivity index (χ2n) is 4.33. The molecule has 4 heteroatoms. The first-order valence-corrected chi connectivity index (χ1v) is 6.78. The monoisotopic (exact) mass is 323 g/mol. The van der Waals surface area contributed by atoms with Crippen molar-refractivity contribution < 1.29 is 9.13 Å². The van der Waals surface area contributed by atoms with Gasteiger partial charge in [0.25, 0.3) is 0 Å². The Morgan fingerprint density at radius 1 is 1.26 bits per heavy atom. The molecule has 1 atom stereocenters. The third-order valence-corrected chi connectivity index (χ3v) is 3.41. The number of benzene rings is 2. The van der Waals surface area contributed by atoms with E-state index >= 15 is 0 Å². The highest BCUT2D eigenvalue weighted by molar-refractivity contribution is 9.10. The fourth-order valence-corrected chi connectivity index (χ4v) is 2.19. The van der Waals surface area contributed by atoms with E-state index in [1.807, 2.05) is 31.2 Å². The van der Waals surface area contributed by atoms with Crippen molar-refractivity contribution in [1.82, 2.24) is 0 Å². The molecule has 0 radical (unpaired) electrons. The maximum absolute atomic E-state index is 13.2. The van der Waals surface area contributed by atoms with Gasteiger partial charge in [-0.25, -0.2) is 4.39 Å². The van der Waals surface area contributed by atoms with Crippen LogP contribution < -0.4 is 10.5 Å². The van der Waals surface area contributed by atoms with Crippen LogP contribution in [0.3, 0.4) is 0 Å². The number of hydrogen-bond acceptors (Lipinski definition) is 2. The van der Waals surface area contributed by atoms with Crippen molar-refractivity contribution in [2.75, 3.05) is 6.54 Å². The molecule has 0 saturated carbocycles. The van der Waals surface area contributed by atoms with Gasteiger partial charge in [0, 0.05) is 6.54 Å². The van der Waals surface area contributed by atoms with Crippen LogP contribution >= 0.6 is 15.9 Å². The van der Waals surface area contributed by atoms with E-state index in [4.69, 9.17) is 10.5 Å². The lowest BCUT2D eigenvalue weighted by molar-refractivity contribution is 0.214. The predicted octanol–water partition coefficient (Wildman–Crippen LogP) is 3.98. The molecular formula is C15H15BrFNO.